The van der Waals surface area contributed by atoms with Crippen LogP contribution in [-0.4, -0.2) is 15.0 Å². The Bertz CT molecular complexity index is 1090. The molecule has 1 aromatic heterocycles. The maximum absolute atomic E-state index is 4.91. The Morgan fingerprint density at radius 1 is 0.375 bits per heavy atom. The second-order valence-corrected chi connectivity index (χ2v) is 7.10. The van der Waals surface area contributed by atoms with Crippen molar-refractivity contribution in [2.24, 2.45) is 0 Å². The molecule has 5 nitrogen and oxygen atoms in total. The molecule has 0 aliphatic heterocycles. The summed E-state index contributed by atoms with van der Waals surface area (Å²) >= 11 is 0. The van der Waals surface area contributed by atoms with Crippen LogP contribution in [0.25, 0.3) is 0 Å². The first-order valence-electron chi connectivity index (χ1n) is 10.4. The van der Waals surface area contributed by atoms with E-state index in [1.807, 2.05) is 131 Å². The summed E-state index contributed by atoms with van der Waals surface area (Å²) in [7, 11) is 0. The number of nitrogens with zero attached hydrogens (tertiary/aromatic N) is 5. The minimum absolute atomic E-state index is 0.546. The van der Waals surface area contributed by atoms with E-state index in [4.69, 9.17) is 4.98 Å². The van der Waals surface area contributed by atoms with Gasteiger partial charge in [0.2, 0.25) is 11.9 Å². The van der Waals surface area contributed by atoms with Gasteiger partial charge in [0, 0.05) is 22.7 Å². The van der Waals surface area contributed by atoms with Crippen LogP contribution in [-0.2, 0) is 0 Å². The molecule has 4 aromatic carbocycles. The molecule has 0 atom stereocenters. The zero-order valence-corrected chi connectivity index (χ0v) is 17.4. The topological polar surface area (TPSA) is 45.2 Å². The SMILES string of the molecule is c1ccc(N(c2ccccc2)c2ncnc(N(c3ccccc3)c3ccccc3)n2)cc1. The van der Waals surface area contributed by atoms with Gasteiger partial charge in [-0.2, -0.15) is 4.98 Å². The molecule has 0 saturated heterocycles. The summed E-state index contributed by atoms with van der Waals surface area (Å²) in [6.45, 7) is 0. The van der Waals surface area contributed by atoms with Gasteiger partial charge in [0.25, 0.3) is 0 Å². The predicted molar refractivity (Wildman–Crippen MR) is 129 cm³/mol. The van der Waals surface area contributed by atoms with E-state index >= 15 is 0 Å². The second-order valence-electron chi connectivity index (χ2n) is 7.10. The van der Waals surface area contributed by atoms with Crippen molar-refractivity contribution in [2.75, 3.05) is 9.80 Å². The molecule has 1 heterocycles. The van der Waals surface area contributed by atoms with Crippen molar-refractivity contribution in [2.45, 2.75) is 0 Å². The highest BCUT2D eigenvalue weighted by Gasteiger charge is 2.19. The molecular formula is C27H21N5. The number of hydrogen-bond acceptors (Lipinski definition) is 5. The Hall–Kier alpha value is -4.51. The minimum atomic E-state index is 0.546. The summed E-state index contributed by atoms with van der Waals surface area (Å²) in [5.41, 5.74) is 3.90. The van der Waals surface area contributed by atoms with Crippen LogP contribution >= 0.6 is 0 Å². The van der Waals surface area contributed by atoms with E-state index in [2.05, 4.69) is 9.97 Å². The Morgan fingerprint density at radius 3 is 0.938 bits per heavy atom. The maximum Gasteiger partial charge on any atom is 0.239 e. The molecule has 154 valence electrons. The number of rotatable bonds is 6. The fourth-order valence-electron chi connectivity index (χ4n) is 3.56. The average Bonchev–Trinajstić information content (AvgIpc) is 2.87. The molecule has 0 amide bonds. The van der Waals surface area contributed by atoms with Crippen LogP contribution < -0.4 is 9.80 Å². The van der Waals surface area contributed by atoms with Crippen molar-refractivity contribution in [3.8, 4) is 0 Å². The molecular weight excluding hydrogens is 394 g/mol. The third-order valence-electron chi connectivity index (χ3n) is 5.00. The maximum atomic E-state index is 4.91. The molecule has 0 saturated carbocycles. The van der Waals surface area contributed by atoms with Crippen molar-refractivity contribution in [3.63, 3.8) is 0 Å². The molecule has 0 aliphatic carbocycles. The molecule has 0 bridgehead atoms. The second kappa shape index (κ2) is 9.10. The molecule has 0 radical (unpaired) electrons. The van der Waals surface area contributed by atoms with Crippen LogP contribution in [0.1, 0.15) is 0 Å². The van der Waals surface area contributed by atoms with Crippen molar-refractivity contribution in [1.82, 2.24) is 15.0 Å². The highest BCUT2D eigenvalue weighted by molar-refractivity contribution is 5.75. The van der Waals surface area contributed by atoms with Crippen LogP contribution in [0.2, 0.25) is 0 Å². The number of anilines is 6. The van der Waals surface area contributed by atoms with Gasteiger partial charge in [-0.05, 0) is 48.5 Å². The van der Waals surface area contributed by atoms with Crippen LogP contribution in [0.4, 0.5) is 34.6 Å². The van der Waals surface area contributed by atoms with Gasteiger partial charge >= 0.3 is 0 Å². The summed E-state index contributed by atoms with van der Waals surface area (Å²) in [6.07, 6.45) is 1.56. The summed E-state index contributed by atoms with van der Waals surface area (Å²) < 4.78 is 0. The van der Waals surface area contributed by atoms with Crippen molar-refractivity contribution >= 4 is 34.6 Å². The first-order valence-corrected chi connectivity index (χ1v) is 10.4. The molecule has 32 heavy (non-hydrogen) atoms. The fourth-order valence-corrected chi connectivity index (χ4v) is 3.56. The largest absolute Gasteiger partial charge is 0.279 e. The van der Waals surface area contributed by atoms with E-state index in [0.717, 1.165) is 22.7 Å². The van der Waals surface area contributed by atoms with Crippen molar-refractivity contribution in [1.29, 1.82) is 0 Å². The Labute approximate surface area is 187 Å². The predicted octanol–water partition coefficient (Wildman–Crippen LogP) is 6.81. The van der Waals surface area contributed by atoms with E-state index < -0.39 is 0 Å². The Balaban J connectivity index is 1.65. The van der Waals surface area contributed by atoms with Crippen LogP contribution in [0, 0.1) is 0 Å². The normalized spacial score (nSPS) is 10.5. The molecule has 5 heteroatoms. The lowest BCUT2D eigenvalue weighted by atomic mass is 10.2. The standard InChI is InChI=1S/C27H21N5/c1-5-13-22(14-6-1)31(23-15-7-2-8-16-23)26-28-21-29-27(30-26)32(24-17-9-3-10-18-24)25-19-11-4-12-20-25/h1-21H. The molecule has 0 N–H and O–H groups in total. The number of benzene rings is 4. The van der Waals surface area contributed by atoms with Gasteiger partial charge in [0.05, 0.1) is 0 Å². The lowest BCUT2D eigenvalue weighted by molar-refractivity contribution is 0.981. The van der Waals surface area contributed by atoms with Gasteiger partial charge in [0.1, 0.15) is 6.33 Å². The van der Waals surface area contributed by atoms with E-state index in [0.29, 0.717) is 11.9 Å². The monoisotopic (exact) mass is 415 g/mol. The lowest BCUT2D eigenvalue weighted by Gasteiger charge is -2.26. The van der Waals surface area contributed by atoms with Gasteiger partial charge in [-0.15, -0.1) is 0 Å². The highest BCUT2D eigenvalue weighted by Crippen LogP contribution is 2.35. The van der Waals surface area contributed by atoms with E-state index in [-0.39, 0.29) is 0 Å². The lowest BCUT2D eigenvalue weighted by Crippen LogP contribution is -2.18. The Kier molecular flexibility index (Phi) is 5.53. The highest BCUT2D eigenvalue weighted by atomic mass is 15.3. The van der Waals surface area contributed by atoms with Gasteiger partial charge in [-0.25, -0.2) is 9.97 Å². The van der Waals surface area contributed by atoms with Crippen LogP contribution in [0.3, 0.4) is 0 Å². The quantitative estimate of drug-likeness (QED) is 0.305. The van der Waals surface area contributed by atoms with Gasteiger partial charge < -0.3 is 0 Å². The smallest absolute Gasteiger partial charge is 0.239 e. The summed E-state index contributed by atoms with van der Waals surface area (Å²) in [6, 6.07) is 40.4. The van der Waals surface area contributed by atoms with E-state index in [1.165, 1.54) is 0 Å². The average molecular weight is 416 g/mol. The summed E-state index contributed by atoms with van der Waals surface area (Å²) in [5.74, 6) is 1.09. The third-order valence-corrected chi connectivity index (χ3v) is 5.00. The van der Waals surface area contributed by atoms with E-state index in [1.54, 1.807) is 6.33 Å². The number of hydrogen-bond donors (Lipinski definition) is 0. The van der Waals surface area contributed by atoms with Gasteiger partial charge in [-0.1, -0.05) is 72.8 Å². The zero-order valence-electron chi connectivity index (χ0n) is 17.4. The van der Waals surface area contributed by atoms with Crippen molar-refractivity contribution in [3.05, 3.63) is 128 Å². The molecule has 0 aliphatic rings. The Morgan fingerprint density at radius 2 is 0.656 bits per heavy atom. The fraction of sp³-hybridized carbons (Fsp3) is 0. The molecule has 5 rings (SSSR count). The molecule has 5 aromatic rings. The summed E-state index contributed by atoms with van der Waals surface area (Å²) in [4.78, 5) is 18.0. The van der Waals surface area contributed by atoms with Crippen molar-refractivity contribution < 1.29 is 0 Å². The first kappa shape index (κ1) is 19.5. The minimum Gasteiger partial charge on any atom is -0.279 e. The van der Waals surface area contributed by atoms with Gasteiger partial charge in [-0.3, -0.25) is 9.80 Å². The number of para-hydroxylation sites is 4. The first-order chi connectivity index (χ1) is 15.9. The summed E-state index contributed by atoms with van der Waals surface area (Å²) in [5, 5.41) is 0. The molecule has 0 spiro atoms. The van der Waals surface area contributed by atoms with E-state index in [9.17, 15) is 0 Å². The van der Waals surface area contributed by atoms with Crippen LogP contribution in [0.15, 0.2) is 128 Å². The van der Waals surface area contributed by atoms with Gasteiger partial charge in [0.15, 0.2) is 0 Å². The van der Waals surface area contributed by atoms with Crippen LogP contribution in [0.5, 0.6) is 0 Å². The zero-order chi connectivity index (χ0) is 21.6. The number of aromatic nitrogens is 3. The molecule has 0 fully saturated rings. The third kappa shape index (κ3) is 4.04. The molecule has 0 unspecified atom stereocenters.